The minimum atomic E-state index is -0.662. The second-order valence-corrected chi connectivity index (χ2v) is 6.21. The third-order valence-electron chi connectivity index (χ3n) is 3.41. The number of rotatable bonds is 4. The molecule has 1 aliphatic rings. The molecule has 2 aromatic rings. The maximum Gasteiger partial charge on any atom is 0.414 e. The zero-order chi connectivity index (χ0) is 17.3. The van der Waals surface area contributed by atoms with Gasteiger partial charge in [0, 0.05) is 11.8 Å². The van der Waals surface area contributed by atoms with E-state index in [4.69, 9.17) is 9.47 Å². The third-order valence-corrected chi connectivity index (χ3v) is 4.43. The predicted octanol–water partition coefficient (Wildman–Crippen LogP) is 3.14. The summed E-state index contributed by atoms with van der Waals surface area (Å²) in [5.74, 6) is -0.380. The van der Waals surface area contributed by atoms with Crippen molar-refractivity contribution < 1.29 is 24.0 Å². The summed E-state index contributed by atoms with van der Waals surface area (Å²) < 4.78 is 10.1. The van der Waals surface area contributed by atoms with Gasteiger partial charge in [-0.2, -0.15) is 0 Å². The van der Waals surface area contributed by atoms with E-state index in [0.717, 1.165) is 11.3 Å². The Labute approximate surface area is 140 Å². The van der Waals surface area contributed by atoms with Crippen LogP contribution in [0.4, 0.5) is 16.2 Å². The van der Waals surface area contributed by atoms with E-state index in [2.05, 4.69) is 0 Å². The number of anilines is 1. The molecule has 2 heterocycles. The zero-order valence-corrected chi connectivity index (χ0v) is 13.4. The third kappa shape index (κ3) is 3.06. The van der Waals surface area contributed by atoms with Gasteiger partial charge in [0.25, 0.3) is 5.69 Å². The minimum absolute atomic E-state index is 0.102. The molecule has 1 aromatic carbocycles. The first-order valence-electron chi connectivity index (χ1n) is 6.97. The molecule has 8 nitrogen and oxygen atoms in total. The molecule has 0 bridgehead atoms. The summed E-state index contributed by atoms with van der Waals surface area (Å²) in [7, 11) is 0. The number of esters is 1. The summed E-state index contributed by atoms with van der Waals surface area (Å²) in [5.41, 5.74) is 0.537. The molecule has 1 aromatic heterocycles. The molecule has 1 saturated heterocycles. The number of amides is 1. The van der Waals surface area contributed by atoms with Crippen LogP contribution in [0.5, 0.6) is 5.75 Å². The van der Waals surface area contributed by atoms with Crippen molar-refractivity contribution in [1.82, 2.24) is 0 Å². The number of carbonyl (C=O) groups excluding carboxylic acids is 2. The van der Waals surface area contributed by atoms with Gasteiger partial charge in [-0.25, -0.2) is 9.59 Å². The Morgan fingerprint density at radius 3 is 2.62 bits per heavy atom. The number of carbonyl (C=O) groups is 2. The topological polar surface area (TPSA) is 99.0 Å². The van der Waals surface area contributed by atoms with Crippen LogP contribution in [0.15, 0.2) is 30.3 Å². The van der Waals surface area contributed by atoms with Crippen molar-refractivity contribution in [1.29, 1.82) is 0 Å². The second kappa shape index (κ2) is 6.28. The fourth-order valence-corrected chi connectivity index (χ4v) is 3.10. The van der Waals surface area contributed by atoms with Gasteiger partial charge in [-0.1, -0.05) is 0 Å². The van der Waals surface area contributed by atoms with Crippen molar-refractivity contribution in [2.45, 2.75) is 6.92 Å². The highest BCUT2D eigenvalue weighted by Gasteiger charge is 2.24. The van der Waals surface area contributed by atoms with Crippen molar-refractivity contribution in [2.24, 2.45) is 0 Å². The van der Waals surface area contributed by atoms with Gasteiger partial charge in [0.2, 0.25) is 0 Å². The van der Waals surface area contributed by atoms with Crippen molar-refractivity contribution in [3.05, 3.63) is 50.2 Å². The lowest BCUT2D eigenvalue weighted by atomic mass is 10.3. The van der Waals surface area contributed by atoms with Crippen molar-refractivity contribution in [3.8, 4) is 5.75 Å². The first-order chi connectivity index (χ1) is 11.5. The first kappa shape index (κ1) is 15.9. The van der Waals surface area contributed by atoms with Crippen molar-refractivity contribution >= 4 is 34.8 Å². The predicted molar refractivity (Wildman–Crippen MR) is 85.8 cm³/mol. The normalized spacial score (nSPS) is 13.7. The summed E-state index contributed by atoms with van der Waals surface area (Å²) in [5, 5.41) is 10.8. The van der Waals surface area contributed by atoms with E-state index in [1.165, 1.54) is 11.0 Å². The largest absolute Gasteiger partial charge is 0.447 e. The molecular weight excluding hydrogens is 336 g/mol. The maximum atomic E-state index is 12.1. The van der Waals surface area contributed by atoms with Gasteiger partial charge in [-0.15, -0.1) is 11.3 Å². The number of cyclic esters (lactones) is 1. The van der Waals surface area contributed by atoms with E-state index in [0.29, 0.717) is 23.7 Å². The molecule has 0 N–H and O–H groups in total. The number of hydrogen-bond acceptors (Lipinski definition) is 7. The van der Waals surface area contributed by atoms with Gasteiger partial charge in [0.1, 0.15) is 17.2 Å². The molecular formula is C15H12N2O6S. The molecule has 0 saturated carbocycles. The zero-order valence-electron chi connectivity index (χ0n) is 12.6. The molecule has 0 unspecified atom stereocenters. The van der Waals surface area contributed by atoms with E-state index in [1.807, 2.05) is 0 Å². The lowest BCUT2D eigenvalue weighted by Crippen LogP contribution is -2.23. The number of benzene rings is 1. The van der Waals surface area contributed by atoms with Crippen LogP contribution in [0, 0.1) is 17.0 Å². The van der Waals surface area contributed by atoms with Crippen LogP contribution in [0.2, 0.25) is 0 Å². The number of nitro groups is 1. The maximum absolute atomic E-state index is 12.1. The van der Waals surface area contributed by atoms with Crippen LogP contribution in [-0.2, 0) is 4.74 Å². The number of hydrogen-bond donors (Lipinski definition) is 0. The lowest BCUT2D eigenvalue weighted by molar-refractivity contribution is -0.385. The highest BCUT2D eigenvalue weighted by molar-refractivity contribution is 7.14. The average Bonchev–Trinajstić information content (AvgIpc) is 3.14. The highest BCUT2D eigenvalue weighted by atomic mass is 32.1. The fourth-order valence-electron chi connectivity index (χ4n) is 2.23. The second-order valence-electron chi connectivity index (χ2n) is 4.96. The quantitative estimate of drug-likeness (QED) is 0.364. The molecule has 0 spiro atoms. The number of nitrogens with zero attached hydrogens (tertiary/aromatic N) is 2. The van der Waals surface area contributed by atoms with Gasteiger partial charge in [0.15, 0.2) is 0 Å². The van der Waals surface area contributed by atoms with E-state index in [1.54, 1.807) is 31.2 Å². The first-order valence-corrected chi connectivity index (χ1v) is 7.78. The summed E-state index contributed by atoms with van der Waals surface area (Å²) in [4.78, 5) is 35.9. The van der Waals surface area contributed by atoms with Gasteiger partial charge >= 0.3 is 12.1 Å². The molecule has 0 radical (unpaired) electrons. The number of aryl methyl sites for hydroxylation is 1. The van der Waals surface area contributed by atoms with Crippen LogP contribution >= 0.6 is 11.3 Å². The van der Waals surface area contributed by atoms with Gasteiger partial charge in [0.05, 0.1) is 16.3 Å². The van der Waals surface area contributed by atoms with E-state index in [9.17, 15) is 19.7 Å². The Bertz CT molecular complexity index is 814. The molecule has 3 rings (SSSR count). The number of ether oxygens (including phenoxy) is 2. The van der Waals surface area contributed by atoms with Crippen molar-refractivity contribution in [3.63, 3.8) is 0 Å². The van der Waals surface area contributed by atoms with Crippen LogP contribution < -0.4 is 9.64 Å². The Morgan fingerprint density at radius 1 is 1.38 bits per heavy atom. The fraction of sp³-hybridized carbons (Fsp3) is 0.200. The van der Waals surface area contributed by atoms with E-state index >= 15 is 0 Å². The summed E-state index contributed by atoms with van der Waals surface area (Å²) in [6.45, 7) is 2.38. The smallest absolute Gasteiger partial charge is 0.414 e. The van der Waals surface area contributed by atoms with Gasteiger partial charge < -0.3 is 9.47 Å². The molecule has 124 valence electrons. The Balaban J connectivity index is 1.71. The molecule has 1 amide bonds. The standard InChI is InChI=1S/C15H12N2O6S/c1-9-12(17(20)21)8-13(24-9)14(18)23-11-4-2-10(3-5-11)16-6-7-22-15(16)19/h2-5,8H,6-7H2,1H3. The lowest BCUT2D eigenvalue weighted by Gasteiger charge is -2.12. The molecule has 1 fully saturated rings. The average molecular weight is 348 g/mol. The van der Waals surface area contributed by atoms with Crippen molar-refractivity contribution in [2.75, 3.05) is 18.1 Å². The monoisotopic (exact) mass is 348 g/mol. The molecule has 0 atom stereocenters. The van der Waals surface area contributed by atoms with E-state index in [-0.39, 0.29) is 16.3 Å². The minimum Gasteiger partial charge on any atom is -0.447 e. The summed E-state index contributed by atoms with van der Waals surface area (Å²) in [6.07, 6.45) is -0.416. The van der Waals surface area contributed by atoms with Crippen LogP contribution in [0.1, 0.15) is 14.5 Å². The van der Waals surface area contributed by atoms with E-state index < -0.39 is 17.0 Å². The molecule has 24 heavy (non-hydrogen) atoms. The molecule has 1 aliphatic heterocycles. The Hall–Kier alpha value is -2.94. The summed E-state index contributed by atoms with van der Waals surface area (Å²) >= 11 is 1.01. The van der Waals surface area contributed by atoms with Gasteiger partial charge in [-0.3, -0.25) is 15.0 Å². The highest BCUT2D eigenvalue weighted by Crippen LogP contribution is 2.29. The van der Waals surface area contributed by atoms with Crippen LogP contribution in [-0.4, -0.2) is 30.1 Å². The Kier molecular flexibility index (Phi) is 4.17. The summed E-state index contributed by atoms with van der Waals surface area (Å²) in [6, 6.07) is 7.58. The van der Waals surface area contributed by atoms with Crippen LogP contribution in [0.25, 0.3) is 0 Å². The van der Waals surface area contributed by atoms with Crippen LogP contribution in [0.3, 0.4) is 0 Å². The Morgan fingerprint density at radius 2 is 2.08 bits per heavy atom. The molecule has 0 aliphatic carbocycles. The molecule has 9 heteroatoms. The number of thiophene rings is 1. The SMILES string of the molecule is Cc1sc(C(=O)Oc2ccc(N3CCOC3=O)cc2)cc1[N+](=O)[O-]. The van der Waals surface area contributed by atoms with Gasteiger partial charge in [-0.05, 0) is 31.2 Å².